The van der Waals surface area contributed by atoms with E-state index in [1.54, 1.807) is 0 Å². The predicted molar refractivity (Wildman–Crippen MR) is 67.2 cm³/mol. The molecule has 16 heavy (non-hydrogen) atoms. The zero-order valence-electron chi connectivity index (χ0n) is 9.85. The number of likely N-dealkylation sites (tertiary alicyclic amines) is 1. The van der Waals surface area contributed by atoms with Crippen LogP contribution in [0.15, 0.2) is 17.5 Å². The molecule has 4 heteroatoms. The Morgan fingerprint density at radius 1 is 1.62 bits per heavy atom. The fourth-order valence-electron chi connectivity index (χ4n) is 2.10. The number of ketones is 1. The molecular weight excluding hydrogens is 220 g/mol. The first-order valence-corrected chi connectivity index (χ1v) is 6.50. The van der Waals surface area contributed by atoms with E-state index in [1.165, 1.54) is 17.8 Å². The molecule has 0 radical (unpaired) electrons. The van der Waals surface area contributed by atoms with E-state index in [9.17, 15) is 4.79 Å². The third-order valence-corrected chi connectivity index (χ3v) is 4.05. The molecule has 0 N–H and O–H groups in total. The Labute approximate surface area is 101 Å². The zero-order valence-corrected chi connectivity index (χ0v) is 10.7. The summed E-state index contributed by atoms with van der Waals surface area (Å²) >= 11 is 1.53. The minimum absolute atomic E-state index is 0.259. The van der Waals surface area contributed by atoms with E-state index >= 15 is 0 Å². The molecule has 0 amide bonds. The maximum absolute atomic E-state index is 11.9. The van der Waals surface area contributed by atoms with Crippen molar-refractivity contribution in [2.45, 2.75) is 12.5 Å². The van der Waals surface area contributed by atoms with Crippen LogP contribution in [0.2, 0.25) is 0 Å². The normalized spacial score (nSPS) is 21.8. The molecule has 1 aliphatic rings. The monoisotopic (exact) mass is 238 g/mol. The summed E-state index contributed by atoms with van der Waals surface area (Å²) in [7, 11) is 4.21. The second-order valence-electron chi connectivity index (χ2n) is 4.54. The van der Waals surface area contributed by atoms with Gasteiger partial charge in [0.15, 0.2) is 5.78 Å². The van der Waals surface area contributed by atoms with E-state index in [2.05, 4.69) is 23.9 Å². The molecule has 1 unspecified atom stereocenters. The summed E-state index contributed by atoms with van der Waals surface area (Å²) in [5.41, 5.74) is 0. The number of carbonyl (C=O) groups excluding carboxylic acids is 1. The highest BCUT2D eigenvalue weighted by molar-refractivity contribution is 7.12. The van der Waals surface area contributed by atoms with E-state index in [0.29, 0.717) is 12.6 Å². The Hall–Kier alpha value is -0.710. The van der Waals surface area contributed by atoms with Gasteiger partial charge in [0.25, 0.3) is 0 Å². The summed E-state index contributed by atoms with van der Waals surface area (Å²) in [6, 6.07) is 4.45. The van der Waals surface area contributed by atoms with Gasteiger partial charge in [-0.25, -0.2) is 0 Å². The number of carbonyl (C=O) groups is 1. The highest BCUT2D eigenvalue weighted by atomic mass is 32.1. The number of hydrogen-bond acceptors (Lipinski definition) is 4. The Kier molecular flexibility index (Phi) is 3.74. The van der Waals surface area contributed by atoms with Crippen LogP contribution in [-0.4, -0.2) is 55.4 Å². The first-order chi connectivity index (χ1) is 7.66. The SMILES string of the molecule is CN(C)C1CCN(CC(=O)c2cccs2)C1. The van der Waals surface area contributed by atoms with Crippen molar-refractivity contribution in [1.82, 2.24) is 9.80 Å². The lowest BCUT2D eigenvalue weighted by Gasteiger charge is -2.19. The number of rotatable bonds is 4. The fraction of sp³-hybridized carbons (Fsp3) is 0.583. The maximum atomic E-state index is 11.9. The second kappa shape index (κ2) is 5.08. The van der Waals surface area contributed by atoms with Crippen molar-refractivity contribution in [3.05, 3.63) is 22.4 Å². The van der Waals surface area contributed by atoms with E-state index in [1.807, 2.05) is 17.5 Å². The van der Waals surface area contributed by atoms with E-state index < -0.39 is 0 Å². The average Bonchev–Trinajstić information content (AvgIpc) is 2.87. The van der Waals surface area contributed by atoms with Gasteiger partial charge >= 0.3 is 0 Å². The molecule has 0 spiro atoms. The summed E-state index contributed by atoms with van der Waals surface area (Å²) in [5, 5.41) is 1.96. The van der Waals surface area contributed by atoms with Crippen LogP contribution in [0.25, 0.3) is 0 Å². The molecule has 2 heterocycles. The van der Waals surface area contributed by atoms with Crippen LogP contribution in [0.4, 0.5) is 0 Å². The second-order valence-corrected chi connectivity index (χ2v) is 5.49. The molecule has 1 aromatic heterocycles. The molecule has 0 aliphatic carbocycles. The lowest BCUT2D eigenvalue weighted by molar-refractivity contribution is 0.0945. The molecule has 88 valence electrons. The zero-order chi connectivity index (χ0) is 11.5. The highest BCUT2D eigenvalue weighted by Gasteiger charge is 2.25. The van der Waals surface area contributed by atoms with Crippen LogP contribution in [0, 0.1) is 0 Å². The summed E-state index contributed by atoms with van der Waals surface area (Å²) in [4.78, 5) is 17.3. The molecule has 3 nitrogen and oxygen atoms in total. The molecule has 2 rings (SSSR count). The van der Waals surface area contributed by atoms with Crippen molar-refractivity contribution in [2.24, 2.45) is 0 Å². The number of Topliss-reactive ketones (excluding diaryl/α,β-unsaturated/α-hetero) is 1. The van der Waals surface area contributed by atoms with Crippen molar-refractivity contribution in [2.75, 3.05) is 33.7 Å². The van der Waals surface area contributed by atoms with Crippen molar-refractivity contribution in [3.8, 4) is 0 Å². The molecular formula is C12H18N2OS. The number of likely N-dealkylation sites (N-methyl/N-ethyl adjacent to an activating group) is 1. The topological polar surface area (TPSA) is 23.6 Å². The van der Waals surface area contributed by atoms with Gasteiger partial charge in [0.1, 0.15) is 0 Å². The quantitative estimate of drug-likeness (QED) is 0.744. The van der Waals surface area contributed by atoms with Crippen LogP contribution in [0.3, 0.4) is 0 Å². The van der Waals surface area contributed by atoms with E-state index in [-0.39, 0.29) is 5.78 Å². The van der Waals surface area contributed by atoms with Gasteiger partial charge in [0.05, 0.1) is 11.4 Å². The van der Waals surface area contributed by atoms with Crippen LogP contribution in [0.1, 0.15) is 16.1 Å². The number of nitrogens with zero attached hydrogens (tertiary/aromatic N) is 2. The molecule has 0 bridgehead atoms. The van der Waals surface area contributed by atoms with Crippen LogP contribution >= 0.6 is 11.3 Å². The molecule has 1 saturated heterocycles. The molecule has 1 atom stereocenters. The summed E-state index contributed by atoms with van der Waals surface area (Å²) in [5.74, 6) is 0.259. The fourth-order valence-corrected chi connectivity index (χ4v) is 2.75. The number of thiophene rings is 1. The smallest absolute Gasteiger partial charge is 0.186 e. The van der Waals surface area contributed by atoms with Crippen molar-refractivity contribution in [1.29, 1.82) is 0 Å². The standard InChI is InChI=1S/C12H18N2OS/c1-13(2)10-5-6-14(8-10)9-11(15)12-4-3-7-16-12/h3-4,7,10H,5-6,8-9H2,1-2H3. The Morgan fingerprint density at radius 3 is 3.00 bits per heavy atom. The average molecular weight is 238 g/mol. The maximum Gasteiger partial charge on any atom is 0.186 e. The lowest BCUT2D eigenvalue weighted by Crippen LogP contribution is -2.33. The van der Waals surface area contributed by atoms with Gasteiger partial charge in [-0.3, -0.25) is 9.69 Å². The molecule has 1 aliphatic heterocycles. The van der Waals surface area contributed by atoms with Gasteiger partial charge in [-0.05, 0) is 32.0 Å². The van der Waals surface area contributed by atoms with Gasteiger partial charge in [0, 0.05) is 19.1 Å². The van der Waals surface area contributed by atoms with Gasteiger partial charge < -0.3 is 4.90 Å². The van der Waals surface area contributed by atoms with Crippen LogP contribution in [-0.2, 0) is 0 Å². The first kappa shape index (κ1) is 11.8. The molecule has 0 saturated carbocycles. The van der Waals surface area contributed by atoms with Crippen molar-refractivity contribution in [3.63, 3.8) is 0 Å². The minimum atomic E-state index is 0.259. The van der Waals surface area contributed by atoms with Crippen molar-refractivity contribution < 1.29 is 4.79 Å². The largest absolute Gasteiger partial charge is 0.305 e. The Balaban J connectivity index is 1.86. The predicted octanol–water partition coefficient (Wildman–Crippen LogP) is 1.57. The third kappa shape index (κ3) is 2.70. The molecule has 1 aromatic rings. The summed E-state index contributed by atoms with van der Waals surface area (Å²) in [6.07, 6.45) is 1.17. The number of hydrogen-bond donors (Lipinski definition) is 0. The minimum Gasteiger partial charge on any atom is -0.305 e. The third-order valence-electron chi connectivity index (χ3n) is 3.14. The summed E-state index contributed by atoms with van der Waals surface area (Å²) < 4.78 is 0. The molecule has 0 aromatic carbocycles. The Bertz CT molecular complexity index is 348. The first-order valence-electron chi connectivity index (χ1n) is 5.62. The summed E-state index contributed by atoms with van der Waals surface area (Å²) in [6.45, 7) is 2.63. The Morgan fingerprint density at radius 2 is 2.44 bits per heavy atom. The lowest BCUT2D eigenvalue weighted by atomic mass is 10.2. The van der Waals surface area contributed by atoms with E-state index in [4.69, 9.17) is 0 Å². The van der Waals surface area contributed by atoms with Crippen LogP contribution < -0.4 is 0 Å². The van der Waals surface area contributed by atoms with E-state index in [0.717, 1.165) is 18.0 Å². The highest BCUT2D eigenvalue weighted by Crippen LogP contribution is 2.15. The van der Waals surface area contributed by atoms with Gasteiger partial charge in [-0.2, -0.15) is 0 Å². The molecule has 1 fully saturated rings. The van der Waals surface area contributed by atoms with Gasteiger partial charge in [-0.15, -0.1) is 11.3 Å². The van der Waals surface area contributed by atoms with Gasteiger partial charge in [0.2, 0.25) is 0 Å². The van der Waals surface area contributed by atoms with Crippen LogP contribution in [0.5, 0.6) is 0 Å². The van der Waals surface area contributed by atoms with Gasteiger partial charge in [-0.1, -0.05) is 6.07 Å². The van der Waals surface area contributed by atoms with Crippen molar-refractivity contribution >= 4 is 17.1 Å².